The Morgan fingerprint density at radius 1 is 0.676 bits per heavy atom. The Labute approximate surface area is 208 Å². The molecule has 0 unspecified atom stereocenters. The van der Waals surface area contributed by atoms with Gasteiger partial charge in [-0.2, -0.15) is 0 Å². The molecule has 1 rings (SSSR count). The third-order valence-corrected chi connectivity index (χ3v) is 6.46. The van der Waals surface area contributed by atoms with Gasteiger partial charge >= 0.3 is 6.16 Å². The fraction of sp³-hybridized carbons (Fsp3) is 0.759. The normalized spacial score (nSPS) is 11.0. The maximum absolute atomic E-state index is 11.2. The van der Waals surface area contributed by atoms with Crippen LogP contribution >= 0.6 is 0 Å². The molecule has 0 aliphatic carbocycles. The van der Waals surface area contributed by atoms with Crippen molar-refractivity contribution in [3.8, 4) is 17.2 Å². The second kappa shape index (κ2) is 19.4. The van der Waals surface area contributed by atoms with E-state index in [2.05, 4.69) is 20.8 Å². The van der Waals surface area contributed by atoms with Crippen LogP contribution in [0.4, 0.5) is 4.79 Å². The van der Waals surface area contributed by atoms with Crippen molar-refractivity contribution in [3.63, 3.8) is 0 Å². The van der Waals surface area contributed by atoms with Gasteiger partial charge in [-0.1, -0.05) is 104 Å². The lowest BCUT2D eigenvalue weighted by Gasteiger charge is -2.19. The van der Waals surface area contributed by atoms with Crippen LogP contribution in [0.1, 0.15) is 135 Å². The molecule has 5 nitrogen and oxygen atoms in total. The van der Waals surface area contributed by atoms with Gasteiger partial charge in [0, 0.05) is 17.2 Å². The number of aromatic hydroxyl groups is 1. The van der Waals surface area contributed by atoms with Crippen LogP contribution in [0.5, 0.6) is 17.2 Å². The molecule has 0 fully saturated rings. The zero-order valence-electron chi connectivity index (χ0n) is 22.1. The minimum atomic E-state index is -1.42. The fourth-order valence-electron chi connectivity index (χ4n) is 4.43. The summed E-state index contributed by atoms with van der Waals surface area (Å²) < 4.78 is 11.1. The van der Waals surface area contributed by atoms with Crippen LogP contribution in [0.15, 0.2) is 6.07 Å². The first-order chi connectivity index (χ1) is 16.5. The number of unbranched alkanes of at least 4 members (excludes halogenated alkanes) is 13. The van der Waals surface area contributed by atoms with E-state index in [1.54, 1.807) is 6.07 Å². The molecule has 0 aliphatic rings. The number of hydrogen-bond donors (Lipinski definition) is 2. The molecule has 0 radical (unpaired) electrons. The van der Waals surface area contributed by atoms with Crippen molar-refractivity contribution in [2.24, 2.45) is 0 Å². The lowest BCUT2D eigenvalue weighted by molar-refractivity contribution is 0.142. The number of benzene rings is 1. The number of carboxylic acid groups (broad SMARTS) is 1. The number of ether oxygens (including phenoxy) is 2. The van der Waals surface area contributed by atoms with Crippen molar-refractivity contribution in [2.45, 2.75) is 136 Å². The van der Waals surface area contributed by atoms with E-state index in [0.29, 0.717) is 18.8 Å². The van der Waals surface area contributed by atoms with Crippen LogP contribution in [0.3, 0.4) is 0 Å². The third-order valence-electron chi connectivity index (χ3n) is 6.46. The number of carbonyl (C=O) groups is 1. The molecule has 0 atom stereocenters. The molecule has 0 bridgehead atoms. The Morgan fingerprint density at radius 2 is 1.15 bits per heavy atom. The zero-order valence-corrected chi connectivity index (χ0v) is 22.1. The molecule has 0 spiro atoms. The summed E-state index contributed by atoms with van der Waals surface area (Å²) in [6.07, 6.45) is 18.8. The maximum atomic E-state index is 11.2. The van der Waals surface area contributed by atoms with Crippen LogP contribution in [0.25, 0.3) is 0 Å². The molecule has 1 aromatic rings. The summed E-state index contributed by atoms with van der Waals surface area (Å²) in [6.45, 7) is 7.21. The monoisotopic (exact) mass is 478 g/mol. The van der Waals surface area contributed by atoms with Gasteiger partial charge < -0.3 is 19.7 Å². The average Bonchev–Trinajstić information content (AvgIpc) is 2.81. The van der Waals surface area contributed by atoms with Crippen molar-refractivity contribution < 1.29 is 24.5 Å². The van der Waals surface area contributed by atoms with E-state index in [-0.39, 0.29) is 11.5 Å². The van der Waals surface area contributed by atoms with E-state index >= 15 is 0 Å². The Morgan fingerprint density at radius 3 is 1.68 bits per heavy atom. The third kappa shape index (κ3) is 12.5. The minimum Gasteiger partial charge on any atom is -0.504 e. The Balaban J connectivity index is 2.91. The Kier molecular flexibility index (Phi) is 17.2. The van der Waals surface area contributed by atoms with E-state index in [1.165, 1.54) is 51.4 Å². The van der Waals surface area contributed by atoms with Crippen LogP contribution in [-0.4, -0.2) is 23.0 Å². The van der Waals surface area contributed by atoms with Gasteiger partial charge in [0.1, 0.15) is 5.75 Å². The van der Waals surface area contributed by atoms with Crippen molar-refractivity contribution in [2.75, 3.05) is 6.61 Å². The number of hydrogen-bond acceptors (Lipinski definition) is 4. The quantitative estimate of drug-likeness (QED) is 0.105. The summed E-state index contributed by atoms with van der Waals surface area (Å²) in [5.74, 6) is 0.629. The highest BCUT2D eigenvalue weighted by Crippen LogP contribution is 2.41. The van der Waals surface area contributed by atoms with Crippen molar-refractivity contribution in [1.29, 1.82) is 0 Å². The zero-order chi connectivity index (χ0) is 25.0. The molecule has 0 saturated heterocycles. The molecule has 0 aliphatic heterocycles. The van der Waals surface area contributed by atoms with Crippen molar-refractivity contribution in [3.05, 3.63) is 17.2 Å². The van der Waals surface area contributed by atoms with Crippen molar-refractivity contribution >= 4 is 6.16 Å². The predicted molar refractivity (Wildman–Crippen MR) is 141 cm³/mol. The lowest BCUT2D eigenvalue weighted by atomic mass is 9.94. The van der Waals surface area contributed by atoms with Crippen LogP contribution in [-0.2, 0) is 12.8 Å². The molecule has 1 aromatic carbocycles. The van der Waals surface area contributed by atoms with Crippen molar-refractivity contribution in [1.82, 2.24) is 0 Å². The summed E-state index contributed by atoms with van der Waals surface area (Å²) >= 11 is 0. The maximum Gasteiger partial charge on any atom is 0.511 e. The summed E-state index contributed by atoms with van der Waals surface area (Å²) in [5, 5.41) is 20.1. The summed E-state index contributed by atoms with van der Waals surface area (Å²) in [4.78, 5) is 11.2. The lowest BCUT2D eigenvalue weighted by Crippen LogP contribution is -2.08. The van der Waals surface area contributed by atoms with Gasteiger partial charge in [0.15, 0.2) is 11.5 Å². The smallest absolute Gasteiger partial charge is 0.504 e. The highest BCUT2D eigenvalue weighted by Gasteiger charge is 2.21. The first-order valence-corrected chi connectivity index (χ1v) is 14.0. The average molecular weight is 479 g/mol. The SMILES string of the molecule is CCCCCCCCCCOc1cc(OC(=O)O)c(O)c(CCCCCC)c1CCCCCC. The molecule has 0 saturated carbocycles. The van der Waals surface area contributed by atoms with Gasteiger partial charge in [-0.3, -0.25) is 0 Å². The fourth-order valence-corrected chi connectivity index (χ4v) is 4.43. The predicted octanol–water partition coefficient (Wildman–Crippen LogP) is 9.21. The summed E-state index contributed by atoms with van der Waals surface area (Å²) in [6, 6.07) is 1.58. The van der Waals surface area contributed by atoms with Gasteiger partial charge in [-0.15, -0.1) is 0 Å². The molecule has 0 amide bonds. The van der Waals surface area contributed by atoms with E-state index in [9.17, 15) is 9.90 Å². The molecule has 34 heavy (non-hydrogen) atoms. The molecule has 2 N–H and O–H groups in total. The number of phenols is 1. The van der Waals surface area contributed by atoms with E-state index < -0.39 is 6.16 Å². The van der Waals surface area contributed by atoms with Gasteiger partial charge in [0.05, 0.1) is 6.61 Å². The molecular formula is C29H50O5. The van der Waals surface area contributed by atoms with Crippen LogP contribution in [0.2, 0.25) is 0 Å². The summed E-state index contributed by atoms with van der Waals surface area (Å²) in [7, 11) is 0. The number of phenolic OH excluding ortho intramolecular Hbond substituents is 1. The largest absolute Gasteiger partial charge is 0.511 e. The topological polar surface area (TPSA) is 76.0 Å². The second-order valence-corrected chi connectivity index (χ2v) is 9.49. The highest BCUT2D eigenvalue weighted by molar-refractivity contribution is 5.66. The first-order valence-electron chi connectivity index (χ1n) is 14.0. The summed E-state index contributed by atoms with van der Waals surface area (Å²) in [5.41, 5.74) is 1.83. The van der Waals surface area contributed by atoms with Crippen LogP contribution in [0, 0.1) is 0 Å². The Bertz CT molecular complexity index is 671. The van der Waals surface area contributed by atoms with Gasteiger partial charge in [0.2, 0.25) is 0 Å². The molecule has 0 heterocycles. The molecular weight excluding hydrogens is 428 g/mol. The molecule has 5 heteroatoms. The van der Waals surface area contributed by atoms with E-state index in [1.807, 2.05) is 0 Å². The van der Waals surface area contributed by atoms with E-state index in [4.69, 9.17) is 14.6 Å². The Hall–Kier alpha value is -1.91. The second-order valence-electron chi connectivity index (χ2n) is 9.49. The van der Waals surface area contributed by atoms with Gasteiger partial charge in [-0.25, -0.2) is 4.79 Å². The van der Waals surface area contributed by atoms with Gasteiger partial charge in [-0.05, 0) is 32.1 Å². The standard InChI is InChI=1S/C29H50O5/c1-4-7-10-13-14-15-16-19-22-33-26-23-27(34-29(31)32)28(30)25(21-18-12-9-6-3)24(26)20-17-11-8-5-2/h23,30H,4-22H2,1-3H3,(H,31,32). The highest BCUT2D eigenvalue weighted by atomic mass is 16.7. The first kappa shape index (κ1) is 30.1. The molecule has 196 valence electrons. The number of rotatable bonds is 21. The van der Waals surface area contributed by atoms with E-state index in [0.717, 1.165) is 68.9 Å². The minimum absolute atomic E-state index is 0.0128. The molecule has 0 aromatic heterocycles. The van der Waals surface area contributed by atoms with Crippen LogP contribution < -0.4 is 9.47 Å². The van der Waals surface area contributed by atoms with Gasteiger partial charge in [0.25, 0.3) is 0 Å².